The van der Waals surface area contributed by atoms with Crippen LogP contribution in [0, 0.1) is 11.8 Å². The molecule has 104 valence electrons. The Kier molecular flexibility index (Phi) is 4.58. The maximum Gasteiger partial charge on any atom is 0.00915 e. The Bertz CT molecular complexity index is 235. The molecule has 3 fully saturated rings. The van der Waals surface area contributed by atoms with Gasteiger partial charge in [-0.2, -0.15) is 0 Å². The molecular formula is C16H30N2. The molecule has 2 nitrogen and oxygen atoms in total. The van der Waals surface area contributed by atoms with E-state index in [0.717, 1.165) is 17.9 Å². The van der Waals surface area contributed by atoms with Gasteiger partial charge in [0.25, 0.3) is 0 Å². The summed E-state index contributed by atoms with van der Waals surface area (Å²) < 4.78 is 0. The fourth-order valence-electron chi connectivity index (χ4n) is 3.71. The second-order valence-corrected chi connectivity index (χ2v) is 6.93. The molecule has 2 heteroatoms. The predicted molar refractivity (Wildman–Crippen MR) is 76.8 cm³/mol. The molecule has 18 heavy (non-hydrogen) atoms. The highest BCUT2D eigenvalue weighted by molar-refractivity contribution is 4.82. The SMILES string of the molecule is C1CCC(CN2CCC(NCC3CC3)CC2)CC1. The molecule has 3 rings (SSSR count). The molecule has 2 aliphatic carbocycles. The molecule has 0 radical (unpaired) electrons. The Morgan fingerprint density at radius 3 is 2.17 bits per heavy atom. The Labute approximate surface area is 113 Å². The van der Waals surface area contributed by atoms with E-state index < -0.39 is 0 Å². The van der Waals surface area contributed by atoms with Gasteiger partial charge in [-0.05, 0) is 70.0 Å². The Morgan fingerprint density at radius 2 is 1.50 bits per heavy atom. The first-order chi connectivity index (χ1) is 8.90. The lowest BCUT2D eigenvalue weighted by Crippen LogP contribution is -2.44. The van der Waals surface area contributed by atoms with E-state index in [1.807, 2.05) is 0 Å². The monoisotopic (exact) mass is 250 g/mol. The molecule has 0 bridgehead atoms. The van der Waals surface area contributed by atoms with Gasteiger partial charge in [-0.3, -0.25) is 0 Å². The summed E-state index contributed by atoms with van der Waals surface area (Å²) in [6.45, 7) is 5.39. The first kappa shape index (κ1) is 12.9. The van der Waals surface area contributed by atoms with Crippen LogP contribution in [0.1, 0.15) is 57.8 Å². The van der Waals surface area contributed by atoms with Crippen LogP contribution in [0.3, 0.4) is 0 Å². The summed E-state index contributed by atoms with van der Waals surface area (Å²) in [5, 5.41) is 3.78. The van der Waals surface area contributed by atoms with E-state index in [1.54, 1.807) is 0 Å². The van der Waals surface area contributed by atoms with Crippen molar-refractivity contribution in [2.45, 2.75) is 63.8 Å². The van der Waals surface area contributed by atoms with Gasteiger partial charge in [-0.15, -0.1) is 0 Å². The van der Waals surface area contributed by atoms with Gasteiger partial charge in [0.1, 0.15) is 0 Å². The van der Waals surface area contributed by atoms with Crippen molar-refractivity contribution in [2.24, 2.45) is 11.8 Å². The molecule has 0 aromatic heterocycles. The first-order valence-electron chi connectivity index (χ1n) is 8.36. The molecule has 0 aromatic carbocycles. The third-order valence-electron chi connectivity index (χ3n) is 5.22. The summed E-state index contributed by atoms with van der Waals surface area (Å²) in [5.41, 5.74) is 0. The zero-order chi connectivity index (χ0) is 12.2. The van der Waals surface area contributed by atoms with Crippen molar-refractivity contribution in [3.8, 4) is 0 Å². The van der Waals surface area contributed by atoms with Crippen molar-refractivity contribution < 1.29 is 0 Å². The molecule has 0 spiro atoms. The van der Waals surface area contributed by atoms with Crippen LogP contribution < -0.4 is 5.32 Å². The van der Waals surface area contributed by atoms with Crippen molar-refractivity contribution in [1.29, 1.82) is 0 Å². The number of nitrogens with one attached hydrogen (secondary N) is 1. The van der Waals surface area contributed by atoms with E-state index >= 15 is 0 Å². The fourth-order valence-corrected chi connectivity index (χ4v) is 3.71. The molecule has 1 saturated heterocycles. The van der Waals surface area contributed by atoms with E-state index in [2.05, 4.69) is 10.2 Å². The van der Waals surface area contributed by atoms with E-state index in [1.165, 1.54) is 84.0 Å². The molecule has 2 saturated carbocycles. The number of rotatable bonds is 5. The summed E-state index contributed by atoms with van der Waals surface area (Å²) in [7, 11) is 0. The highest BCUT2D eigenvalue weighted by Crippen LogP contribution is 2.28. The van der Waals surface area contributed by atoms with Gasteiger partial charge in [-0.25, -0.2) is 0 Å². The number of hydrogen-bond donors (Lipinski definition) is 1. The lowest BCUT2D eigenvalue weighted by atomic mass is 9.88. The standard InChI is InChI=1S/C16H30N2/c1-2-4-15(5-3-1)13-18-10-8-16(9-11-18)17-12-14-6-7-14/h14-17H,1-13H2. The molecule has 0 aromatic rings. The molecule has 1 N–H and O–H groups in total. The number of likely N-dealkylation sites (tertiary alicyclic amines) is 1. The second kappa shape index (κ2) is 6.38. The predicted octanol–water partition coefficient (Wildman–Crippen LogP) is 3.03. The van der Waals surface area contributed by atoms with Crippen LogP contribution in [0.25, 0.3) is 0 Å². The van der Waals surface area contributed by atoms with Gasteiger partial charge in [0.15, 0.2) is 0 Å². The third kappa shape index (κ3) is 3.96. The summed E-state index contributed by atoms with van der Waals surface area (Å²) in [4.78, 5) is 2.74. The maximum absolute atomic E-state index is 3.78. The highest BCUT2D eigenvalue weighted by atomic mass is 15.1. The van der Waals surface area contributed by atoms with E-state index in [0.29, 0.717) is 0 Å². The van der Waals surface area contributed by atoms with Crippen LogP contribution in [0.15, 0.2) is 0 Å². The zero-order valence-electron chi connectivity index (χ0n) is 11.9. The molecule has 0 unspecified atom stereocenters. The summed E-state index contributed by atoms with van der Waals surface area (Å²) in [6.07, 6.45) is 13.2. The van der Waals surface area contributed by atoms with E-state index in [-0.39, 0.29) is 0 Å². The summed E-state index contributed by atoms with van der Waals surface area (Å²) in [6, 6.07) is 0.827. The Balaban J connectivity index is 1.31. The molecule has 1 heterocycles. The minimum absolute atomic E-state index is 0.827. The van der Waals surface area contributed by atoms with Crippen LogP contribution in [0.4, 0.5) is 0 Å². The highest BCUT2D eigenvalue weighted by Gasteiger charge is 2.25. The third-order valence-corrected chi connectivity index (χ3v) is 5.22. The first-order valence-corrected chi connectivity index (χ1v) is 8.36. The average molecular weight is 250 g/mol. The van der Waals surface area contributed by atoms with Gasteiger partial charge in [-0.1, -0.05) is 19.3 Å². The largest absolute Gasteiger partial charge is 0.314 e. The van der Waals surface area contributed by atoms with Gasteiger partial charge >= 0.3 is 0 Å². The molecular weight excluding hydrogens is 220 g/mol. The van der Waals surface area contributed by atoms with Crippen molar-refractivity contribution in [2.75, 3.05) is 26.2 Å². The van der Waals surface area contributed by atoms with Crippen LogP contribution in [0.2, 0.25) is 0 Å². The van der Waals surface area contributed by atoms with Gasteiger partial charge in [0.2, 0.25) is 0 Å². The Hall–Kier alpha value is -0.0800. The molecule has 0 amide bonds. The minimum atomic E-state index is 0.827. The van der Waals surface area contributed by atoms with Gasteiger partial charge in [0, 0.05) is 12.6 Å². The van der Waals surface area contributed by atoms with E-state index in [9.17, 15) is 0 Å². The fraction of sp³-hybridized carbons (Fsp3) is 1.00. The van der Waals surface area contributed by atoms with Crippen LogP contribution in [-0.4, -0.2) is 37.1 Å². The van der Waals surface area contributed by atoms with Gasteiger partial charge in [0.05, 0.1) is 0 Å². The van der Waals surface area contributed by atoms with Crippen molar-refractivity contribution in [1.82, 2.24) is 10.2 Å². The van der Waals surface area contributed by atoms with Crippen molar-refractivity contribution in [3.63, 3.8) is 0 Å². The van der Waals surface area contributed by atoms with Crippen molar-refractivity contribution in [3.05, 3.63) is 0 Å². The quantitative estimate of drug-likeness (QED) is 0.807. The number of hydrogen-bond acceptors (Lipinski definition) is 2. The molecule has 3 aliphatic rings. The smallest absolute Gasteiger partial charge is 0.00915 e. The second-order valence-electron chi connectivity index (χ2n) is 6.93. The zero-order valence-corrected chi connectivity index (χ0v) is 11.9. The maximum atomic E-state index is 3.78. The normalized spacial score (nSPS) is 28.7. The molecule has 1 aliphatic heterocycles. The Morgan fingerprint density at radius 1 is 0.778 bits per heavy atom. The number of nitrogens with zero attached hydrogens (tertiary/aromatic N) is 1. The van der Waals surface area contributed by atoms with Crippen LogP contribution >= 0.6 is 0 Å². The summed E-state index contributed by atoms with van der Waals surface area (Å²) >= 11 is 0. The average Bonchev–Trinajstić information content (AvgIpc) is 3.23. The van der Waals surface area contributed by atoms with Crippen LogP contribution in [-0.2, 0) is 0 Å². The lowest BCUT2D eigenvalue weighted by molar-refractivity contribution is 0.155. The van der Waals surface area contributed by atoms with Crippen LogP contribution in [0.5, 0.6) is 0 Å². The topological polar surface area (TPSA) is 15.3 Å². The molecule has 0 atom stereocenters. The summed E-state index contributed by atoms with van der Waals surface area (Å²) in [5.74, 6) is 2.06. The lowest BCUT2D eigenvalue weighted by Gasteiger charge is -2.35. The van der Waals surface area contributed by atoms with E-state index in [4.69, 9.17) is 0 Å². The minimum Gasteiger partial charge on any atom is -0.314 e. The van der Waals surface area contributed by atoms with Crippen molar-refractivity contribution >= 4 is 0 Å². The van der Waals surface area contributed by atoms with Gasteiger partial charge < -0.3 is 10.2 Å². The number of piperidine rings is 1.